The van der Waals surface area contributed by atoms with E-state index in [0.29, 0.717) is 5.56 Å². The van der Waals surface area contributed by atoms with Crippen LogP contribution in [0.2, 0.25) is 0 Å². The van der Waals surface area contributed by atoms with Crippen LogP contribution < -0.4 is 5.32 Å². The number of ether oxygens (including phenoxy) is 1. The zero-order valence-corrected chi connectivity index (χ0v) is 11.9. The van der Waals surface area contributed by atoms with E-state index in [1.165, 1.54) is 6.07 Å². The fourth-order valence-corrected chi connectivity index (χ4v) is 1.69. The Morgan fingerprint density at radius 3 is 2.40 bits per heavy atom. The van der Waals surface area contributed by atoms with Crippen molar-refractivity contribution in [2.24, 2.45) is 0 Å². The quantitative estimate of drug-likeness (QED) is 0.894. The lowest BCUT2D eigenvalue weighted by atomic mass is 10.0. The van der Waals surface area contributed by atoms with Gasteiger partial charge in [-0.15, -0.1) is 0 Å². The molecule has 0 spiro atoms. The molecule has 0 aromatic heterocycles. The van der Waals surface area contributed by atoms with E-state index in [9.17, 15) is 19.1 Å². The van der Waals surface area contributed by atoms with Crippen LogP contribution in [0.15, 0.2) is 18.2 Å². The first-order chi connectivity index (χ1) is 9.11. The molecule has 5 nitrogen and oxygen atoms in total. The van der Waals surface area contributed by atoms with E-state index in [-0.39, 0.29) is 5.56 Å². The number of aryl methyl sites for hydroxylation is 1. The second-order valence-electron chi connectivity index (χ2n) is 5.39. The second-order valence-corrected chi connectivity index (χ2v) is 5.39. The number of carboxylic acids is 1. The van der Waals surface area contributed by atoms with Gasteiger partial charge in [0.1, 0.15) is 11.4 Å². The Morgan fingerprint density at radius 2 is 1.95 bits per heavy atom. The number of amides is 1. The van der Waals surface area contributed by atoms with Crippen molar-refractivity contribution in [3.8, 4) is 0 Å². The highest BCUT2D eigenvalue weighted by Crippen LogP contribution is 2.22. The van der Waals surface area contributed by atoms with Crippen molar-refractivity contribution in [3.05, 3.63) is 35.1 Å². The Kier molecular flexibility index (Phi) is 4.70. The third-order valence-corrected chi connectivity index (χ3v) is 2.47. The van der Waals surface area contributed by atoms with Gasteiger partial charge in [-0.3, -0.25) is 0 Å². The Labute approximate surface area is 116 Å². The van der Waals surface area contributed by atoms with Gasteiger partial charge < -0.3 is 15.2 Å². The summed E-state index contributed by atoms with van der Waals surface area (Å²) < 4.78 is 18.8. The first-order valence-electron chi connectivity index (χ1n) is 6.09. The van der Waals surface area contributed by atoms with E-state index in [1.807, 2.05) is 0 Å². The lowest BCUT2D eigenvalue weighted by Crippen LogP contribution is -2.38. The molecule has 1 rings (SSSR count). The van der Waals surface area contributed by atoms with Gasteiger partial charge in [-0.05, 0) is 39.3 Å². The minimum absolute atomic E-state index is 0.0779. The minimum atomic E-state index is -1.49. The van der Waals surface area contributed by atoms with Crippen molar-refractivity contribution in [2.45, 2.75) is 39.3 Å². The number of carbonyl (C=O) groups excluding carboxylic acids is 1. The van der Waals surface area contributed by atoms with Crippen LogP contribution in [0, 0.1) is 12.7 Å². The number of carbonyl (C=O) groups is 2. The fraction of sp³-hybridized carbons (Fsp3) is 0.429. The van der Waals surface area contributed by atoms with Gasteiger partial charge in [0.05, 0.1) is 0 Å². The number of nitrogens with one attached hydrogen (secondary N) is 1. The van der Waals surface area contributed by atoms with Gasteiger partial charge in [0.15, 0.2) is 6.04 Å². The molecule has 0 radical (unpaired) electrons. The van der Waals surface area contributed by atoms with Crippen molar-refractivity contribution in [2.75, 3.05) is 0 Å². The van der Waals surface area contributed by atoms with E-state index in [0.717, 1.165) is 6.07 Å². The van der Waals surface area contributed by atoms with E-state index < -0.39 is 29.5 Å². The van der Waals surface area contributed by atoms with Crippen LogP contribution in [0.1, 0.15) is 37.9 Å². The maximum Gasteiger partial charge on any atom is 0.408 e. The molecule has 1 aromatic rings. The van der Waals surface area contributed by atoms with Crippen LogP contribution in [-0.2, 0) is 9.53 Å². The summed E-state index contributed by atoms with van der Waals surface area (Å²) in [6.45, 7) is 6.52. The van der Waals surface area contributed by atoms with E-state index in [1.54, 1.807) is 33.8 Å². The Morgan fingerprint density at radius 1 is 1.35 bits per heavy atom. The second kappa shape index (κ2) is 5.90. The van der Waals surface area contributed by atoms with Gasteiger partial charge in [0.25, 0.3) is 0 Å². The number of rotatable bonds is 3. The molecule has 0 bridgehead atoms. The van der Waals surface area contributed by atoms with E-state index in [4.69, 9.17) is 4.74 Å². The number of benzene rings is 1. The average Bonchev–Trinajstić information content (AvgIpc) is 2.24. The Hall–Kier alpha value is -2.11. The molecule has 1 amide bonds. The van der Waals surface area contributed by atoms with Crippen molar-refractivity contribution in [1.29, 1.82) is 0 Å². The van der Waals surface area contributed by atoms with E-state index >= 15 is 0 Å². The highest BCUT2D eigenvalue weighted by atomic mass is 19.1. The summed E-state index contributed by atoms with van der Waals surface area (Å²) >= 11 is 0. The van der Waals surface area contributed by atoms with Crippen LogP contribution in [0.3, 0.4) is 0 Å². The zero-order chi connectivity index (χ0) is 15.5. The number of carboxylic acid groups (broad SMARTS) is 1. The summed E-state index contributed by atoms with van der Waals surface area (Å²) in [6.07, 6.45) is -0.910. The van der Waals surface area contributed by atoms with Gasteiger partial charge in [-0.25, -0.2) is 14.0 Å². The third-order valence-electron chi connectivity index (χ3n) is 2.47. The topological polar surface area (TPSA) is 75.6 Å². The van der Waals surface area contributed by atoms with Crippen LogP contribution in [-0.4, -0.2) is 22.8 Å². The smallest absolute Gasteiger partial charge is 0.408 e. The standard InChI is InChI=1S/C14H18FNO4/c1-8-6-5-7-9(15)10(8)11(12(17)18)16-13(19)20-14(2,3)4/h5-7,11H,1-4H3,(H,16,19)(H,17,18). The summed E-state index contributed by atoms with van der Waals surface area (Å²) in [5.74, 6) is -2.04. The number of aliphatic carboxylic acids is 1. The predicted molar refractivity (Wildman–Crippen MR) is 70.9 cm³/mol. The van der Waals surface area contributed by atoms with Crippen LogP contribution in [0.5, 0.6) is 0 Å². The minimum Gasteiger partial charge on any atom is -0.479 e. The van der Waals surface area contributed by atoms with Gasteiger partial charge >= 0.3 is 12.1 Å². The SMILES string of the molecule is Cc1cccc(F)c1C(NC(=O)OC(C)(C)C)C(=O)O. The molecule has 20 heavy (non-hydrogen) atoms. The Bertz CT molecular complexity index is 502. The lowest BCUT2D eigenvalue weighted by Gasteiger charge is -2.23. The number of hydrogen-bond acceptors (Lipinski definition) is 3. The molecule has 2 N–H and O–H groups in total. The van der Waals surface area contributed by atoms with E-state index in [2.05, 4.69) is 5.32 Å². The largest absolute Gasteiger partial charge is 0.479 e. The fourth-order valence-electron chi connectivity index (χ4n) is 1.69. The highest BCUT2D eigenvalue weighted by Gasteiger charge is 2.28. The molecular weight excluding hydrogens is 265 g/mol. The monoisotopic (exact) mass is 283 g/mol. The van der Waals surface area contributed by atoms with Gasteiger partial charge in [0, 0.05) is 5.56 Å². The molecule has 0 aliphatic heterocycles. The van der Waals surface area contributed by atoms with Crippen molar-refractivity contribution in [3.63, 3.8) is 0 Å². The lowest BCUT2D eigenvalue weighted by molar-refractivity contribution is -0.139. The summed E-state index contributed by atoms with van der Waals surface area (Å²) in [7, 11) is 0. The first-order valence-corrected chi connectivity index (χ1v) is 6.09. The summed E-state index contributed by atoms with van der Waals surface area (Å²) in [4.78, 5) is 22.9. The number of alkyl carbamates (subject to hydrolysis) is 1. The molecule has 0 aliphatic rings. The molecular formula is C14H18FNO4. The molecule has 6 heteroatoms. The molecule has 0 saturated heterocycles. The normalized spacial score (nSPS) is 12.7. The molecule has 0 aliphatic carbocycles. The molecule has 0 fully saturated rings. The van der Waals surface area contributed by atoms with Gasteiger partial charge in [-0.2, -0.15) is 0 Å². The van der Waals surface area contributed by atoms with Gasteiger partial charge in [0.2, 0.25) is 0 Å². The van der Waals surface area contributed by atoms with Crippen LogP contribution in [0.25, 0.3) is 0 Å². The van der Waals surface area contributed by atoms with Gasteiger partial charge in [-0.1, -0.05) is 12.1 Å². The number of hydrogen-bond donors (Lipinski definition) is 2. The Balaban J connectivity index is 3.02. The van der Waals surface area contributed by atoms with Crippen LogP contribution >= 0.6 is 0 Å². The molecule has 1 unspecified atom stereocenters. The maximum atomic E-state index is 13.8. The molecule has 0 heterocycles. The summed E-state index contributed by atoms with van der Waals surface area (Å²) in [5.41, 5.74) is -0.406. The number of halogens is 1. The van der Waals surface area contributed by atoms with Crippen molar-refractivity contribution < 1.29 is 23.8 Å². The third kappa shape index (κ3) is 4.22. The summed E-state index contributed by atoms with van der Waals surface area (Å²) in [6, 6.07) is 2.70. The van der Waals surface area contributed by atoms with Crippen molar-refractivity contribution in [1.82, 2.24) is 5.32 Å². The maximum absolute atomic E-state index is 13.8. The average molecular weight is 283 g/mol. The zero-order valence-electron chi connectivity index (χ0n) is 11.9. The molecule has 1 atom stereocenters. The summed E-state index contributed by atoms with van der Waals surface area (Å²) in [5, 5.41) is 11.4. The predicted octanol–water partition coefficient (Wildman–Crippen LogP) is 2.78. The molecule has 110 valence electrons. The highest BCUT2D eigenvalue weighted by molar-refractivity contribution is 5.82. The van der Waals surface area contributed by atoms with Crippen molar-refractivity contribution >= 4 is 12.1 Å². The van der Waals surface area contributed by atoms with Crippen LogP contribution in [0.4, 0.5) is 9.18 Å². The first kappa shape index (κ1) is 15.9. The molecule has 0 saturated carbocycles. The molecule has 1 aromatic carbocycles.